The lowest BCUT2D eigenvalue weighted by molar-refractivity contribution is -0.152. The van der Waals surface area contributed by atoms with Crippen molar-refractivity contribution in [3.8, 4) is 5.75 Å². The van der Waals surface area contributed by atoms with E-state index >= 15 is 0 Å². The molecule has 4 aromatic rings. The Hall–Kier alpha value is -4.10. The topological polar surface area (TPSA) is 86.6 Å². The van der Waals surface area contributed by atoms with Crippen molar-refractivity contribution in [2.45, 2.75) is 39.7 Å². The van der Waals surface area contributed by atoms with Crippen LogP contribution >= 0.6 is 11.6 Å². The monoisotopic (exact) mass is 532 g/mol. The molecule has 1 aromatic heterocycles. The van der Waals surface area contributed by atoms with Gasteiger partial charge in [0, 0.05) is 27.4 Å². The molecule has 4 rings (SSSR count). The molecule has 0 spiro atoms. The normalized spacial score (nSPS) is 11.7. The van der Waals surface area contributed by atoms with Crippen molar-refractivity contribution in [3.05, 3.63) is 94.1 Å². The zero-order valence-electron chi connectivity index (χ0n) is 21.7. The van der Waals surface area contributed by atoms with Gasteiger partial charge in [-0.1, -0.05) is 30.7 Å². The fourth-order valence-electron chi connectivity index (χ4n) is 4.30. The van der Waals surface area contributed by atoms with E-state index < -0.39 is 18.0 Å². The second kappa shape index (κ2) is 11.5. The summed E-state index contributed by atoms with van der Waals surface area (Å²) < 4.78 is 12.4. The highest BCUT2D eigenvalue weighted by molar-refractivity contribution is 6.30. The average Bonchev–Trinajstić information content (AvgIpc) is 3.19. The maximum atomic E-state index is 13.4. The van der Waals surface area contributed by atoms with Gasteiger partial charge in [0.25, 0.3) is 11.8 Å². The second-order valence-corrected chi connectivity index (χ2v) is 9.38. The maximum Gasteiger partial charge on any atom is 0.311 e. The quantitative estimate of drug-likeness (QED) is 0.282. The minimum absolute atomic E-state index is 0.126. The van der Waals surface area contributed by atoms with Crippen LogP contribution in [0.1, 0.15) is 41.0 Å². The molecule has 1 amide bonds. The Balaban J connectivity index is 1.57. The molecule has 1 N–H and O–H groups in total. The first kappa shape index (κ1) is 26.9. The molecule has 0 aliphatic heterocycles. The molecule has 0 radical (unpaired) electrons. The lowest BCUT2D eigenvalue weighted by Gasteiger charge is -2.14. The van der Waals surface area contributed by atoms with Crippen LogP contribution < -0.4 is 10.1 Å². The van der Waals surface area contributed by atoms with Gasteiger partial charge in [0.15, 0.2) is 6.10 Å². The number of aromatic nitrogens is 1. The van der Waals surface area contributed by atoms with Crippen molar-refractivity contribution < 1.29 is 23.9 Å². The van der Waals surface area contributed by atoms with E-state index in [1.165, 1.54) is 6.92 Å². The number of rotatable bonds is 8. The van der Waals surface area contributed by atoms with E-state index in [1.807, 2.05) is 24.3 Å². The highest BCUT2D eigenvalue weighted by Crippen LogP contribution is 2.31. The van der Waals surface area contributed by atoms with E-state index in [1.54, 1.807) is 61.1 Å². The molecule has 1 atom stereocenters. The van der Waals surface area contributed by atoms with Gasteiger partial charge in [0.05, 0.1) is 19.0 Å². The molecule has 0 aliphatic carbocycles. The summed E-state index contributed by atoms with van der Waals surface area (Å²) in [6.45, 7) is 5.35. The standard InChI is InChI=1S/C30H29ClN2O5/c1-5-20-6-12-23(13-7-20)32-29(35)19(3)38-28(34)17-25-18(2)33(27-15-14-24(37-4)16-26(25)27)30(36)21-8-10-22(31)11-9-21/h6-16,19H,5,17H2,1-4H3,(H,32,35)/t19-/m0/s1. The van der Waals surface area contributed by atoms with Crippen molar-refractivity contribution in [3.63, 3.8) is 0 Å². The third-order valence-corrected chi connectivity index (χ3v) is 6.72. The molecule has 38 heavy (non-hydrogen) atoms. The Kier molecular flexibility index (Phi) is 8.17. The number of benzene rings is 3. The number of anilines is 1. The molecule has 0 saturated carbocycles. The smallest absolute Gasteiger partial charge is 0.311 e. The number of hydrogen-bond acceptors (Lipinski definition) is 5. The van der Waals surface area contributed by atoms with Gasteiger partial charge in [0.1, 0.15) is 5.75 Å². The first-order chi connectivity index (χ1) is 18.2. The predicted molar refractivity (Wildman–Crippen MR) is 148 cm³/mol. The van der Waals surface area contributed by atoms with Crippen LogP contribution in [0.3, 0.4) is 0 Å². The molecule has 1 heterocycles. The highest BCUT2D eigenvalue weighted by Gasteiger charge is 2.24. The fourth-order valence-corrected chi connectivity index (χ4v) is 4.43. The van der Waals surface area contributed by atoms with E-state index in [0.29, 0.717) is 44.2 Å². The average molecular weight is 533 g/mol. The molecule has 3 aromatic carbocycles. The van der Waals surface area contributed by atoms with Gasteiger partial charge in [0.2, 0.25) is 0 Å². The Bertz CT molecular complexity index is 1490. The number of carbonyl (C=O) groups is 3. The molecular formula is C30H29ClN2O5. The van der Waals surface area contributed by atoms with Gasteiger partial charge in [-0.05, 0) is 86.0 Å². The van der Waals surface area contributed by atoms with Crippen LogP contribution in [-0.2, 0) is 27.2 Å². The van der Waals surface area contributed by atoms with Crippen LogP contribution in [0.25, 0.3) is 10.9 Å². The van der Waals surface area contributed by atoms with Crippen molar-refractivity contribution >= 4 is 46.0 Å². The van der Waals surface area contributed by atoms with E-state index in [9.17, 15) is 14.4 Å². The van der Waals surface area contributed by atoms with E-state index in [2.05, 4.69) is 12.2 Å². The number of ether oxygens (including phenoxy) is 2. The largest absolute Gasteiger partial charge is 0.497 e. The molecule has 0 bridgehead atoms. The summed E-state index contributed by atoms with van der Waals surface area (Å²) in [4.78, 5) is 39.0. The predicted octanol–water partition coefficient (Wildman–Crippen LogP) is 5.98. The third kappa shape index (κ3) is 5.73. The minimum Gasteiger partial charge on any atom is -0.497 e. The van der Waals surface area contributed by atoms with Crippen molar-refractivity contribution in [1.29, 1.82) is 0 Å². The van der Waals surface area contributed by atoms with Crippen molar-refractivity contribution in [1.82, 2.24) is 4.57 Å². The summed E-state index contributed by atoms with van der Waals surface area (Å²) in [5.74, 6) is -0.680. The first-order valence-corrected chi connectivity index (χ1v) is 12.7. The van der Waals surface area contributed by atoms with Crippen LogP contribution in [-0.4, -0.2) is 35.6 Å². The number of fused-ring (bicyclic) bond motifs is 1. The van der Waals surface area contributed by atoms with E-state index in [4.69, 9.17) is 21.1 Å². The number of carbonyl (C=O) groups excluding carboxylic acids is 3. The van der Waals surface area contributed by atoms with Crippen LogP contribution in [0.15, 0.2) is 66.7 Å². The SMILES string of the molecule is CCc1ccc(NC(=O)[C@H](C)OC(=O)Cc2c(C)n(C(=O)c3ccc(Cl)cc3)c3ccc(OC)cc23)cc1. The molecule has 7 nitrogen and oxygen atoms in total. The van der Waals surface area contributed by atoms with E-state index in [-0.39, 0.29) is 12.3 Å². The lowest BCUT2D eigenvalue weighted by Crippen LogP contribution is -2.30. The first-order valence-electron chi connectivity index (χ1n) is 12.3. The van der Waals surface area contributed by atoms with Crippen LogP contribution in [0.4, 0.5) is 5.69 Å². The number of amides is 1. The summed E-state index contributed by atoms with van der Waals surface area (Å²) >= 11 is 5.99. The third-order valence-electron chi connectivity index (χ3n) is 6.46. The Morgan fingerprint density at radius 3 is 2.32 bits per heavy atom. The fraction of sp³-hybridized carbons (Fsp3) is 0.233. The van der Waals surface area contributed by atoms with Gasteiger partial charge in [-0.3, -0.25) is 19.0 Å². The molecule has 0 aliphatic rings. The maximum absolute atomic E-state index is 13.4. The van der Waals surface area contributed by atoms with Gasteiger partial charge >= 0.3 is 5.97 Å². The highest BCUT2D eigenvalue weighted by atomic mass is 35.5. The number of nitrogens with one attached hydrogen (secondary N) is 1. The van der Waals surface area contributed by atoms with Gasteiger partial charge in [-0.2, -0.15) is 0 Å². The molecule has 0 fully saturated rings. The number of nitrogens with zero attached hydrogens (tertiary/aromatic N) is 1. The summed E-state index contributed by atoms with van der Waals surface area (Å²) in [6, 6.07) is 19.4. The van der Waals surface area contributed by atoms with E-state index in [0.717, 1.165) is 12.0 Å². The molecule has 196 valence electrons. The number of halogens is 1. The molecule has 8 heteroatoms. The van der Waals surface area contributed by atoms with Crippen LogP contribution in [0.2, 0.25) is 5.02 Å². The van der Waals surface area contributed by atoms with Gasteiger partial charge in [-0.25, -0.2) is 0 Å². The number of hydrogen-bond donors (Lipinski definition) is 1. The van der Waals surface area contributed by atoms with Crippen molar-refractivity contribution in [2.75, 3.05) is 12.4 Å². The lowest BCUT2D eigenvalue weighted by atomic mass is 10.1. The Labute approximate surface area is 226 Å². The van der Waals surface area contributed by atoms with Crippen LogP contribution in [0, 0.1) is 6.92 Å². The zero-order chi connectivity index (χ0) is 27.4. The number of esters is 1. The zero-order valence-corrected chi connectivity index (χ0v) is 22.5. The van der Waals surface area contributed by atoms with Crippen LogP contribution in [0.5, 0.6) is 5.75 Å². The van der Waals surface area contributed by atoms with Gasteiger partial charge < -0.3 is 14.8 Å². The molecule has 0 saturated heterocycles. The summed E-state index contributed by atoms with van der Waals surface area (Å²) in [5, 5.41) is 3.99. The minimum atomic E-state index is -1.01. The summed E-state index contributed by atoms with van der Waals surface area (Å²) in [6.07, 6.45) is -0.235. The number of methoxy groups -OCH3 is 1. The molecular weight excluding hydrogens is 504 g/mol. The second-order valence-electron chi connectivity index (χ2n) is 8.94. The molecule has 0 unspecified atom stereocenters. The Morgan fingerprint density at radius 2 is 1.68 bits per heavy atom. The summed E-state index contributed by atoms with van der Waals surface area (Å²) in [5.41, 5.74) is 4.08. The number of aryl methyl sites for hydroxylation is 1. The summed E-state index contributed by atoms with van der Waals surface area (Å²) in [7, 11) is 1.55. The van der Waals surface area contributed by atoms with Gasteiger partial charge in [-0.15, -0.1) is 0 Å². The van der Waals surface area contributed by atoms with Crippen molar-refractivity contribution in [2.24, 2.45) is 0 Å². The Morgan fingerprint density at radius 1 is 1.00 bits per heavy atom.